The van der Waals surface area contributed by atoms with Gasteiger partial charge in [-0.05, 0) is 57.8 Å². The Morgan fingerprint density at radius 3 is 2.70 bits per heavy atom. The van der Waals surface area contributed by atoms with Crippen LogP contribution in [-0.4, -0.2) is 28.6 Å². The quantitative estimate of drug-likeness (QED) is 0.740. The maximum absolute atomic E-state index is 5.89. The molecule has 114 valence electrons. The Labute approximate surface area is 127 Å². The molecule has 4 heteroatoms. The number of pyridine rings is 1. The summed E-state index contributed by atoms with van der Waals surface area (Å²) in [6.07, 6.45) is 1.08. The highest BCUT2D eigenvalue weighted by Crippen LogP contribution is 2.18. The van der Waals surface area contributed by atoms with Crippen molar-refractivity contribution in [2.45, 2.75) is 53.1 Å². The highest BCUT2D eigenvalue weighted by Gasteiger charge is 2.12. The maximum Gasteiger partial charge on any atom is 0.142 e. The lowest BCUT2D eigenvalue weighted by atomic mass is 10.1. The van der Waals surface area contributed by atoms with Gasteiger partial charge in [-0.15, -0.1) is 0 Å². The van der Waals surface area contributed by atoms with Crippen LogP contribution in [0.4, 0.5) is 0 Å². The molecule has 0 bridgehead atoms. The fourth-order valence-electron chi connectivity index (χ4n) is 1.69. The number of aryl methyl sites for hydroxylation is 1. The minimum Gasteiger partial charge on any atom is -0.492 e. The second kappa shape index (κ2) is 8.53. The van der Waals surface area contributed by atoms with Crippen LogP contribution < -0.4 is 10.1 Å². The van der Waals surface area contributed by atoms with Gasteiger partial charge in [0, 0.05) is 17.8 Å². The average molecular weight is 296 g/mol. The number of thioether (sulfide) groups is 1. The topological polar surface area (TPSA) is 34.1 Å². The summed E-state index contributed by atoms with van der Waals surface area (Å²) in [4.78, 5) is 4.60. The van der Waals surface area contributed by atoms with Crippen LogP contribution in [-0.2, 0) is 6.54 Å². The molecule has 0 aliphatic heterocycles. The van der Waals surface area contributed by atoms with Gasteiger partial charge in [0.15, 0.2) is 0 Å². The van der Waals surface area contributed by atoms with E-state index in [4.69, 9.17) is 4.74 Å². The van der Waals surface area contributed by atoms with Gasteiger partial charge in [-0.2, -0.15) is 11.8 Å². The number of ether oxygens (including phenoxy) is 1. The van der Waals surface area contributed by atoms with Gasteiger partial charge in [0.05, 0.1) is 12.3 Å². The van der Waals surface area contributed by atoms with E-state index < -0.39 is 0 Å². The Kier molecular flexibility index (Phi) is 7.38. The highest BCUT2D eigenvalue weighted by atomic mass is 32.2. The van der Waals surface area contributed by atoms with Crippen molar-refractivity contribution >= 4 is 11.8 Å². The Balaban J connectivity index is 2.56. The minimum atomic E-state index is 0.0838. The molecule has 0 aromatic carbocycles. The van der Waals surface area contributed by atoms with E-state index in [9.17, 15) is 0 Å². The van der Waals surface area contributed by atoms with Gasteiger partial charge in [0.1, 0.15) is 5.75 Å². The first-order chi connectivity index (χ1) is 9.42. The van der Waals surface area contributed by atoms with E-state index in [1.807, 2.05) is 30.8 Å². The summed E-state index contributed by atoms with van der Waals surface area (Å²) in [6.45, 7) is 12.2. The second-order valence-corrected chi connectivity index (χ2v) is 7.29. The van der Waals surface area contributed by atoms with Crippen molar-refractivity contribution in [1.82, 2.24) is 10.3 Å². The molecular formula is C16H28N2OS. The van der Waals surface area contributed by atoms with Crippen LogP contribution in [0.5, 0.6) is 5.75 Å². The SMILES string of the molecule is CCSCCCOc1ccc(C)nc1CNC(C)(C)C. The Morgan fingerprint density at radius 1 is 1.30 bits per heavy atom. The molecule has 0 radical (unpaired) electrons. The maximum atomic E-state index is 5.89. The zero-order chi connectivity index (χ0) is 15.0. The monoisotopic (exact) mass is 296 g/mol. The summed E-state index contributed by atoms with van der Waals surface area (Å²) in [7, 11) is 0. The molecular weight excluding hydrogens is 268 g/mol. The predicted molar refractivity (Wildman–Crippen MR) is 88.7 cm³/mol. The predicted octanol–water partition coefficient (Wildman–Crippen LogP) is 3.80. The van der Waals surface area contributed by atoms with E-state index >= 15 is 0 Å². The molecule has 1 rings (SSSR count). The molecule has 20 heavy (non-hydrogen) atoms. The van der Waals surface area contributed by atoms with E-state index in [-0.39, 0.29) is 5.54 Å². The van der Waals surface area contributed by atoms with Crippen molar-refractivity contribution in [2.24, 2.45) is 0 Å². The molecule has 0 amide bonds. The van der Waals surface area contributed by atoms with Crippen LogP contribution in [0.1, 0.15) is 45.5 Å². The zero-order valence-electron chi connectivity index (χ0n) is 13.5. The summed E-state index contributed by atoms with van der Waals surface area (Å²) in [5.41, 5.74) is 2.12. The van der Waals surface area contributed by atoms with E-state index in [0.717, 1.165) is 42.5 Å². The standard InChI is InChI=1S/C16H28N2OS/c1-6-20-11-7-10-19-15-9-8-13(2)18-14(15)12-17-16(3,4)5/h8-9,17H,6-7,10-12H2,1-5H3. The molecule has 0 fully saturated rings. The molecule has 0 spiro atoms. The summed E-state index contributed by atoms with van der Waals surface area (Å²) >= 11 is 1.96. The first-order valence-electron chi connectivity index (χ1n) is 7.34. The molecule has 1 N–H and O–H groups in total. The van der Waals surface area contributed by atoms with Gasteiger partial charge in [-0.3, -0.25) is 4.98 Å². The van der Waals surface area contributed by atoms with Gasteiger partial charge in [-0.25, -0.2) is 0 Å². The van der Waals surface area contributed by atoms with Crippen LogP contribution in [0, 0.1) is 6.92 Å². The molecule has 0 saturated carbocycles. The largest absolute Gasteiger partial charge is 0.492 e. The third-order valence-electron chi connectivity index (χ3n) is 2.75. The first kappa shape index (κ1) is 17.3. The number of nitrogens with one attached hydrogen (secondary N) is 1. The van der Waals surface area contributed by atoms with E-state index in [2.05, 4.69) is 38.0 Å². The van der Waals surface area contributed by atoms with Gasteiger partial charge >= 0.3 is 0 Å². The van der Waals surface area contributed by atoms with Crippen molar-refractivity contribution in [3.63, 3.8) is 0 Å². The van der Waals surface area contributed by atoms with Crippen molar-refractivity contribution in [2.75, 3.05) is 18.1 Å². The average Bonchev–Trinajstić information content (AvgIpc) is 2.37. The van der Waals surface area contributed by atoms with E-state index in [1.54, 1.807) is 0 Å². The van der Waals surface area contributed by atoms with Gasteiger partial charge in [0.25, 0.3) is 0 Å². The number of hydrogen-bond donors (Lipinski definition) is 1. The fraction of sp³-hybridized carbons (Fsp3) is 0.688. The fourth-order valence-corrected chi connectivity index (χ4v) is 2.30. The first-order valence-corrected chi connectivity index (χ1v) is 8.50. The van der Waals surface area contributed by atoms with Crippen LogP contribution in [0.3, 0.4) is 0 Å². The summed E-state index contributed by atoms with van der Waals surface area (Å²) in [6, 6.07) is 4.05. The molecule has 0 atom stereocenters. The van der Waals surface area contributed by atoms with Crippen LogP contribution in [0.15, 0.2) is 12.1 Å². The van der Waals surface area contributed by atoms with Crippen molar-refractivity contribution in [1.29, 1.82) is 0 Å². The third-order valence-corrected chi connectivity index (χ3v) is 3.74. The van der Waals surface area contributed by atoms with Crippen LogP contribution in [0.25, 0.3) is 0 Å². The molecule has 0 saturated heterocycles. The van der Waals surface area contributed by atoms with Crippen LogP contribution >= 0.6 is 11.8 Å². The van der Waals surface area contributed by atoms with E-state index in [0.29, 0.717) is 0 Å². The number of hydrogen-bond acceptors (Lipinski definition) is 4. The number of nitrogens with zero attached hydrogens (tertiary/aromatic N) is 1. The molecule has 0 aliphatic rings. The molecule has 1 aromatic rings. The Hall–Kier alpha value is -0.740. The smallest absolute Gasteiger partial charge is 0.142 e. The third kappa shape index (κ3) is 7.15. The molecule has 3 nitrogen and oxygen atoms in total. The lowest BCUT2D eigenvalue weighted by molar-refractivity contribution is 0.310. The van der Waals surface area contributed by atoms with Gasteiger partial charge in [-0.1, -0.05) is 6.92 Å². The van der Waals surface area contributed by atoms with Crippen molar-refractivity contribution in [3.8, 4) is 5.75 Å². The normalized spacial score (nSPS) is 11.7. The summed E-state index contributed by atoms with van der Waals surface area (Å²) < 4.78 is 5.89. The lowest BCUT2D eigenvalue weighted by Gasteiger charge is -2.21. The van der Waals surface area contributed by atoms with Crippen molar-refractivity contribution in [3.05, 3.63) is 23.5 Å². The number of aromatic nitrogens is 1. The Bertz CT molecular complexity index is 402. The lowest BCUT2D eigenvalue weighted by Crippen LogP contribution is -2.35. The molecule has 1 aromatic heterocycles. The summed E-state index contributed by atoms with van der Waals surface area (Å²) in [5.74, 6) is 3.24. The number of rotatable bonds is 8. The van der Waals surface area contributed by atoms with E-state index in [1.165, 1.54) is 5.75 Å². The molecule has 0 aliphatic carbocycles. The van der Waals surface area contributed by atoms with Gasteiger partial charge in [0.2, 0.25) is 0 Å². The van der Waals surface area contributed by atoms with Gasteiger partial charge < -0.3 is 10.1 Å². The molecule has 0 unspecified atom stereocenters. The van der Waals surface area contributed by atoms with Crippen LogP contribution in [0.2, 0.25) is 0 Å². The molecule has 1 heterocycles. The minimum absolute atomic E-state index is 0.0838. The zero-order valence-corrected chi connectivity index (χ0v) is 14.3. The van der Waals surface area contributed by atoms with Crippen molar-refractivity contribution < 1.29 is 4.74 Å². The second-order valence-electron chi connectivity index (χ2n) is 5.90. The Morgan fingerprint density at radius 2 is 2.05 bits per heavy atom. The summed E-state index contributed by atoms with van der Waals surface area (Å²) in [5, 5.41) is 3.47. The highest BCUT2D eigenvalue weighted by molar-refractivity contribution is 7.99.